The second kappa shape index (κ2) is 6.49. The van der Waals surface area contributed by atoms with Gasteiger partial charge in [0.05, 0.1) is 0 Å². The first kappa shape index (κ1) is 13.0. The smallest absolute Gasteiger partial charge is 0.0151 e. The Labute approximate surface area is 95.0 Å². The van der Waals surface area contributed by atoms with Gasteiger partial charge in [-0.2, -0.15) is 0 Å². The summed E-state index contributed by atoms with van der Waals surface area (Å²) in [4.78, 5) is 0. The predicted molar refractivity (Wildman–Crippen MR) is 66.9 cm³/mol. The van der Waals surface area contributed by atoms with Crippen LogP contribution in [-0.2, 0) is 0 Å². The van der Waals surface area contributed by atoms with Gasteiger partial charge in [-0.3, -0.25) is 0 Å². The van der Waals surface area contributed by atoms with Gasteiger partial charge in [0, 0.05) is 5.54 Å². The molecule has 1 heterocycles. The van der Waals surface area contributed by atoms with Crippen molar-refractivity contribution in [1.82, 2.24) is 5.32 Å². The van der Waals surface area contributed by atoms with Gasteiger partial charge in [0.1, 0.15) is 0 Å². The molecule has 2 nitrogen and oxygen atoms in total. The maximum absolute atomic E-state index is 6.02. The van der Waals surface area contributed by atoms with Crippen molar-refractivity contribution in [2.45, 2.75) is 64.3 Å². The predicted octanol–water partition coefficient (Wildman–Crippen LogP) is 2.67. The van der Waals surface area contributed by atoms with Crippen molar-refractivity contribution >= 4 is 0 Å². The highest BCUT2D eigenvalue weighted by atomic mass is 14.9. The highest BCUT2D eigenvalue weighted by molar-refractivity contribution is 4.87. The Morgan fingerprint density at radius 3 is 2.00 bits per heavy atom. The number of rotatable bonds is 0. The molecule has 2 atom stereocenters. The molecule has 0 aromatic heterocycles. The van der Waals surface area contributed by atoms with Crippen molar-refractivity contribution in [1.29, 1.82) is 0 Å². The molecule has 0 amide bonds. The van der Waals surface area contributed by atoms with E-state index in [-0.39, 0.29) is 5.54 Å². The van der Waals surface area contributed by atoms with Crippen LogP contribution in [0.4, 0.5) is 0 Å². The SMILES string of the molecule is C1CCNCC1.CC1CCCCC1(C)N. The van der Waals surface area contributed by atoms with E-state index in [2.05, 4.69) is 19.2 Å². The lowest BCUT2D eigenvalue weighted by Crippen LogP contribution is -2.44. The normalized spacial score (nSPS) is 36.6. The summed E-state index contributed by atoms with van der Waals surface area (Å²) in [5.74, 6) is 0.728. The van der Waals surface area contributed by atoms with Crippen LogP contribution < -0.4 is 11.1 Å². The van der Waals surface area contributed by atoms with Gasteiger partial charge in [-0.25, -0.2) is 0 Å². The highest BCUT2D eigenvalue weighted by Crippen LogP contribution is 2.30. The van der Waals surface area contributed by atoms with Crippen LogP contribution in [0.25, 0.3) is 0 Å². The van der Waals surface area contributed by atoms with Crippen LogP contribution in [0, 0.1) is 5.92 Å². The van der Waals surface area contributed by atoms with Gasteiger partial charge in [-0.15, -0.1) is 0 Å². The van der Waals surface area contributed by atoms with Gasteiger partial charge in [0.25, 0.3) is 0 Å². The molecule has 2 aliphatic rings. The number of hydrogen-bond donors (Lipinski definition) is 2. The minimum Gasteiger partial charge on any atom is -0.325 e. The summed E-state index contributed by atoms with van der Waals surface area (Å²) in [5, 5.41) is 3.28. The lowest BCUT2D eigenvalue weighted by Gasteiger charge is -2.35. The van der Waals surface area contributed by atoms with Crippen LogP contribution >= 0.6 is 0 Å². The van der Waals surface area contributed by atoms with Crippen molar-refractivity contribution in [2.24, 2.45) is 11.7 Å². The molecular formula is C13H28N2. The quantitative estimate of drug-likeness (QED) is 0.648. The first-order valence-corrected chi connectivity index (χ1v) is 6.62. The fourth-order valence-corrected chi connectivity index (χ4v) is 2.33. The van der Waals surface area contributed by atoms with Crippen LogP contribution in [0.1, 0.15) is 58.8 Å². The number of piperidine rings is 1. The minimum atomic E-state index is 0.137. The molecule has 0 radical (unpaired) electrons. The zero-order valence-electron chi connectivity index (χ0n) is 10.5. The third-order valence-corrected chi connectivity index (χ3v) is 3.94. The number of hydrogen-bond acceptors (Lipinski definition) is 2. The molecule has 3 N–H and O–H groups in total. The van der Waals surface area contributed by atoms with Crippen LogP contribution in [0.2, 0.25) is 0 Å². The maximum Gasteiger partial charge on any atom is 0.0151 e. The number of nitrogens with two attached hydrogens (primary N) is 1. The summed E-state index contributed by atoms with van der Waals surface area (Å²) < 4.78 is 0. The zero-order valence-corrected chi connectivity index (χ0v) is 10.5. The largest absolute Gasteiger partial charge is 0.325 e. The van der Waals surface area contributed by atoms with Gasteiger partial charge >= 0.3 is 0 Å². The lowest BCUT2D eigenvalue weighted by atomic mass is 9.76. The Morgan fingerprint density at radius 1 is 1.07 bits per heavy atom. The van der Waals surface area contributed by atoms with Crippen molar-refractivity contribution in [3.63, 3.8) is 0 Å². The van der Waals surface area contributed by atoms with Gasteiger partial charge < -0.3 is 11.1 Å². The lowest BCUT2D eigenvalue weighted by molar-refractivity contribution is 0.226. The van der Waals surface area contributed by atoms with Crippen molar-refractivity contribution in [2.75, 3.05) is 13.1 Å². The summed E-state index contributed by atoms with van der Waals surface area (Å²) in [7, 11) is 0. The Bertz CT molecular complexity index is 150. The molecule has 2 fully saturated rings. The second-order valence-electron chi connectivity index (χ2n) is 5.46. The first-order valence-electron chi connectivity index (χ1n) is 6.62. The fraction of sp³-hybridized carbons (Fsp3) is 1.00. The van der Waals surface area contributed by atoms with Crippen LogP contribution in [0.5, 0.6) is 0 Å². The molecule has 1 aliphatic carbocycles. The molecular weight excluding hydrogens is 184 g/mol. The topological polar surface area (TPSA) is 38.0 Å². The van der Waals surface area contributed by atoms with E-state index in [4.69, 9.17) is 5.73 Å². The van der Waals surface area contributed by atoms with Crippen LogP contribution in [-0.4, -0.2) is 18.6 Å². The van der Waals surface area contributed by atoms with E-state index in [0.29, 0.717) is 0 Å². The Morgan fingerprint density at radius 2 is 1.73 bits per heavy atom. The summed E-state index contributed by atoms with van der Waals surface area (Å²) >= 11 is 0. The molecule has 0 aromatic carbocycles. The molecule has 15 heavy (non-hydrogen) atoms. The standard InChI is InChI=1S/C8H17N.C5H11N/c1-7-5-3-4-6-8(7,2)9;1-2-4-6-5-3-1/h7H,3-6,9H2,1-2H3;6H,1-5H2. The van der Waals surface area contributed by atoms with Crippen LogP contribution in [0.3, 0.4) is 0 Å². The monoisotopic (exact) mass is 212 g/mol. The van der Waals surface area contributed by atoms with Gasteiger partial charge in [0.2, 0.25) is 0 Å². The van der Waals surface area contributed by atoms with Crippen LogP contribution in [0.15, 0.2) is 0 Å². The van der Waals surface area contributed by atoms with E-state index < -0.39 is 0 Å². The van der Waals surface area contributed by atoms with Crippen molar-refractivity contribution in [3.8, 4) is 0 Å². The highest BCUT2D eigenvalue weighted by Gasteiger charge is 2.28. The molecule has 0 aromatic rings. The van der Waals surface area contributed by atoms with E-state index in [0.717, 1.165) is 5.92 Å². The van der Waals surface area contributed by atoms with E-state index >= 15 is 0 Å². The number of nitrogens with one attached hydrogen (secondary N) is 1. The Hall–Kier alpha value is -0.0800. The molecule has 0 bridgehead atoms. The third kappa shape index (κ3) is 4.98. The first-order chi connectivity index (χ1) is 7.13. The van der Waals surface area contributed by atoms with E-state index in [9.17, 15) is 0 Å². The molecule has 0 spiro atoms. The van der Waals surface area contributed by atoms with Crippen molar-refractivity contribution < 1.29 is 0 Å². The average Bonchev–Trinajstić information content (AvgIpc) is 2.26. The van der Waals surface area contributed by atoms with Crippen molar-refractivity contribution in [3.05, 3.63) is 0 Å². The summed E-state index contributed by atoms with van der Waals surface area (Å²) in [5.41, 5.74) is 6.16. The second-order valence-corrected chi connectivity index (χ2v) is 5.46. The summed E-state index contributed by atoms with van der Waals surface area (Å²) in [6.45, 7) is 6.94. The van der Waals surface area contributed by atoms with E-state index in [1.165, 1.54) is 58.0 Å². The Kier molecular flexibility index (Phi) is 5.62. The fourth-order valence-electron chi connectivity index (χ4n) is 2.33. The maximum atomic E-state index is 6.02. The molecule has 90 valence electrons. The molecule has 2 unspecified atom stereocenters. The molecule has 2 rings (SSSR count). The zero-order chi connectivity index (χ0) is 11.1. The molecule has 1 saturated carbocycles. The molecule has 1 aliphatic heterocycles. The van der Waals surface area contributed by atoms with Gasteiger partial charge in [-0.05, 0) is 51.6 Å². The summed E-state index contributed by atoms with van der Waals surface area (Å²) in [6.07, 6.45) is 9.47. The van der Waals surface area contributed by atoms with Gasteiger partial charge in [0.15, 0.2) is 0 Å². The molecule has 1 saturated heterocycles. The summed E-state index contributed by atoms with van der Waals surface area (Å²) in [6, 6.07) is 0. The van der Waals surface area contributed by atoms with E-state index in [1.54, 1.807) is 0 Å². The third-order valence-electron chi connectivity index (χ3n) is 3.94. The Balaban J connectivity index is 0.000000162. The van der Waals surface area contributed by atoms with Gasteiger partial charge in [-0.1, -0.05) is 26.2 Å². The molecule has 2 heteroatoms. The minimum absolute atomic E-state index is 0.137. The van der Waals surface area contributed by atoms with E-state index in [1.807, 2.05) is 0 Å². The average molecular weight is 212 g/mol.